The van der Waals surface area contributed by atoms with Gasteiger partial charge < -0.3 is 5.32 Å². The van der Waals surface area contributed by atoms with E-state index >= 15 is 0 Å². The van der Waals surface area contributed by atoms with Crippen LogP contribution in [0.1, 0.15) is 13.3 Å². The smallest absolute Gasteiger partial charge is 0.147 e. The van der Waals surface area contributed by atoms with Crippen LogP contribution in [0.15, 0.2) is 28.8 Å². The molecule has 0 saturated heterocycles. The predicted molar refractivity (Wildman–Crippen MR) is 62.0 cm³/mol. The molecule has 0 aliphatic rings. The van der Waals surface area contributed by atoms with E-state index in [1.54, 1.807) is 0 Å². The largest absolute Gasteiger partial charge is 0.379 e. The van der Waals surface area contributed by atoms with Crippen molar-refractivity contribution in [1.82, 2.24) is 0 Å². The molecule has 0 atom stereocenters. The first-order valence-electron chi connectivity index (χ1n) is 4.59. The predicted octanol–water partition coefficient (Wildman–Crippen LogP) is 4.11. The molecule has 0 aromatic heterocycles. The zero-order valence-electron chi connectivity index (χ0n) is 8.41. The van der Waals surface area contributed by atoms with Crippen molar-refractivity contribution in [3.63, 3.8) is 0 Å². The molecule has 1 aromatic carbocycles. The van der Waals surface area contributed by atoms with Crippen LogP contribution in [0, 0.1) is 11.6 Å². The highest BCUT2D eigenvalue weighted by Gasteiger charge is 2.07. The van der Waals surface area contributed by atoms with Crippen molar-refractivity contribution in [2.24, 2.45) is 0 Å². The van der Waals surface area contributed by atoms with Gasteiger partial charge in [-0.2, -0.15) is 0 Å². The lowest BCUT2D eigenvalue weighted by Gasteiger charge is -2.09. The lowest BCUT2D eigenvalue weighted by atomic mass is 10.2. The molecule has 0 amide bonds. The average Bonchev–Trinajstić information content (AvgIpc) is 2.21. The first kappa shape index (κ1) is 12.2. The van der Waals surface area contributed by atoms with Gasteiger partial charge in [0.2, 0.25) is 0 Å². The van der Waals surface area contributed by atoms with Crippen LogP contribution in [0.4, 0.5) is 14.5 Å². The fraction of sp³-hybridized carbons (Fsp3) is 0.273. The minimum atomic E-state index is -0.485. The van der Waals surface area contributed by atoms with E-state index in [1.807, 2.05) is 6.92 Å². The van der Waals surface area contributed by atoms with Gasteiger partial charge in [-0.15, -0.1) is 0 Å². The molecule has 0 heterocycles. The molecular formula is C11H12BrF2N. The molecule has 0 aliphatic heterocycles. The van der Waals surface area contributed by atoms with Gasteiger partial charge in [0.15, 0.2) is 0 Å². The van der Waals surface area contributed by atoms with E-state index in [0.29, 0.717) is 6.54 Å². The highest BCUT2D eigenvalue weighted by Crippen LogP contribution is 2.23. The fourth-order valence-corrected chi connectivity index (χ4v) is 1.32. The standard InChI is InChI=1S/C11H12BrF2N/c1-3-7(2)6-15-11-5-9(13)8(12)4-10(11)14/h4-5,15H,2-3,6H2,1H3. The van der Waals surface area contributed by atoms with Crippen LogP contribution in [-0.2, 0) is 0 Å². The highest BCUT2D eigenvalue weighted by molar-refractivity contribution is 9.10. The van der Waals surface area contributed by atoms with Crippen molar-refractivity contribution in [3.8, 4) is 0 Å². The SMILES string of the molecule is C=C(CC)CNc1cc(F)c(Br)cc1F. The van der Waals surface area contributed by atoms with E-state index in [4.69, 9.17) is 0 Å². The lowest BCUT2D eigenvalue weighted by molar-refractivity contribution is 0.597. The summed E-state index contributed by atoms with van der Waals surface area (Å²) in [6.07, 6.45) is 0.813. The highest BCUT2D eigenvalue weighted by atomic mass is 79.9. The molecule has 0 radical (unpaired) electrons. The second kappa shape index (κ2) is 5.26. The molecule has 0 bridgehead atoms. The fourth-order valence-electron chi connectivity index (χ4n) is 1.00. The Morgan fingerprint density at radius 2 is 2.07 bits per heavy atom. The van der Waals surface area contributed by atoms with E-state index < -0.39 is 11.6 Å². The maximum Gasteiger partial charge on any atom is 0.147 e. The van der Waals surface area contributed by atoms with Gasteiger partial charge in [-0.05, 0) is 28.4 Å². The van der Waals surface area contributed by atoms with Crippen LogP contribution in [-0.4, -0.2) is 6.54 Å². The number of rotatable bonds is 4. The van der Waals surface area contributed by atoms with Crippen molar-refractivity contribution < 1.29 is 8.78 Å². The Hall–Kier alpha value is -0.900. The molecule has 1 aromatic rings. The third-order valence-electron chi connectivity index (χ3n) is 2.04. The quantitative estimate of drug-likeness (QED) is 0.644. The molecule has 4 heteroatoms. The molecule has 1 rings (SSSR count). The molecule has 82 valence electrons. The molecular weight excluding hydrogens is 264 g/mol. The normalized spacial score (nSPS) is 10.1. The first-order valence-corrected chi connectivity index (χ1v) is 5.39. The summed E-state index contributed by atoms with van der Waals surface area (Å²) in [5.41, 5.74) is 1.10. The Labute approximate surface area is 96.3 Å². The van der Waals surface area contributed by atoms with Crippen molar-refractivity contribution in [2.45, 2.75) is 13.3 Å². The van der Waals surface area contributed by atoms with Gasteiger partial charge in [-0.1, -0.05) is 19.1 Å². The third-order valence-corrected chi connectivity index (χ3v) is 2.65. The Kier molecular flexibility index (Phi) is 4.27. The summed E-state index contributed by atoms with van der Waals surface area (Å²) in [5, 5.41) is 2.80. The summed E-state index contributed by atoms with van der Waals surface area (Å²) >= 11 is 2.91. The van der Waals surface area contributed by atoms with Crippen molar-refractivity contribution in [2.75, 3.05) is 11.9 Å². The molecule has 0 unspecified atom stereocenters. The Morgan fingerprint density at radius 3 is 2.67 bits per heavy atom. The summed E-state index contributed by atoms with van der Waals surface area (Å²) < 4.78 is 26.5. The summed E-state index contributed by atoms with van der Waals surface area (Å²) in [6.45, 7) is 6.18. The lowest BCUT2D eigenvalue weighted by Crippen LogP contribution is -2.05. The maximum atomic E-state index is 13.3. The van der Waals surface area contributed by atoms with Gasteiger partial charge in [0.25, 0.3) is 0 Å². The summed E-state index contributed by atoms with van der Waals surface area (Å²) in [5.74, 6) is -0.965. The molecule has 0 fully saturated rings. The van der Waals surface area contributed by atoms with Gasteiger partial charge in [-0.25, -0.2) is 8.78 Å². The summed E-state index contributed by atoms with van der Waals surface area (Å²) in [4.78, 5) is 0. The Bertz CT molecular complexity index is 377. The molecule has 1 N–H and O–H groups in total. The van der Waals surface area contributed by atoms with E-state index in [2.05, 4.69) is 27.8 Å². The van der Waals surface area contributed by atoms with Crippen molar-refractivity contribution >= 4 is 21.6 Å². The van der Waals surface area contributed by atoms with Crippen LogP contribution in [0.2, 0.25) is 0 Å². The monoisotopic (exact) mass is 275 g/mol. The van der Waals surface area contributed by atoms with E-state index in [-0.39, 0.29) is 10.2 Å². The topological polar surface area (TPSA) is 12.0 Å². The van der Waals surface area contributed by atoms with Crippen LogP contribution in [0.25, 0.3) is 0 Å². The number of benzene rings is 1. The van der Waals surface area contributed by atoms with Gasteiger partial charge in [0.05, 0.1) is 10.2 Å². The van der Waals surface area contributed by atoms with Crippen molar-refractivity contribution in [1.29, 1.82) is 0 Å². The summed E-state index contributed by atoms with van der Waals surface area (Å²) in [7, 11) is 0. The minimum Gasteiger partial charge on any atom is -0.379 e. The first-order chi connectivity index (χ1) is 7.04. The number of hydrogen-bond donors (Lipinski definition) is 1. The molecule has 0 saturated carbocycles. The summed E-state index contributed by atoms with van der Waals surface area (Å²) in [6, 6.07) is 2.23. The van der Waals surface area contributed by atoms with Crippen LogP contribution >= 0.6 is 15.9 Å². The second-order valence-electron chi connectivity index (χ2n) is 3.20. The van der Waals surface area contributed by atoms with Gasteiger partial charge in [0, 0.05) is 12.6 Å². The average molecular weight is 276 g/mol. The van der Waals surface area contributed by atoms with Gasteiger partial charge in [0.1, 0.15) is 11.6 Å². The van der Waals surface area contributed by atoms with E-state index in [1.165, 1.54) is 0 Å². The molecule has 1 nitrogen and oxygen atoms in total. The van der Waals surface area contributed by atoms with E-state index in [9.17, 15) is 8.78 Å². The second-order valence-corrected chi connectivity index (χ2v) is 4.06. The van der Waals surface area contributed by atoms with Crippen LogP contribution < -0.4 is 5.32 Å². The number of halogens is 3. The van der Waals surface area contributed by atoms with Crippen molar-refractivity contribution in [3.05, 3.63) is 40.4 Å². The number of hydrogen-bond acceptors (Lipinski definition) is 1. The Balaban J connectivity index is 2.77. The molecule has 0 aliphatic carbocycles. The number of anilines is 1. The van der Waals surface area contributed by atoms with Crippen LogP contribution in [0.5, 0.6) is 0 Å². The Morgan fingerprint density at radius 1 is 1.40 bits per heavy atom. The third kappa shape index (κ3) is 3.30. The van der Waals surface area contributed by atoms with Gasteiger partial charge in [-0.3, -0.25) is 0 Å². The zero-order valence-corrected chi connectivity index (χ0v) is 10.00. The number of nitrogens with one attached hydrogen (secondary N) is 1. The van der Waals surface area contributed by atoms with E-state index in [0.717, 1.165) is 24.1 Å². The maximum absolute atomic E-state index is 13.3. The molecule has 0 spiro atoms. The van der Waals surface area contributed by atoms with Gasteiger partial charge >= 0.3 is 0 Å². The van der Waals surface area contributed by atoms with Crippen LogP contribution in [0.3, 0.4) is 0 Å². The minimum absolute atomic E-state index is 0.125. The zero-order chi connectivity index (χ0) is 11.4. The molecule has 15 heavy (non-hydrogen) atoms.